The number of carboxylic acids is 1. The fourth-order valence-corrected chi connectivity index (χ4v) is 2.77. The maximum atomic E-state index is 12.6. The maximum absolute atomic E-state index is 12.6. The van der Waals surface area contributed by atoms with E-state index in [-0.39, 0.29) is 5.91 Å². The minimum atomic E-state index is -0.944. The summed E-state index contributed by atoms with van der Waals surface area (Å²) in [6.07, 6.45) is 2.17. The van der Waals surface area contributed by atoms with Crippen LogP contribution in [0.5, 0.6) is 11.5 Å². The van der Waals surface area contributed by atoms with Crippen LogP contribution in [-0.2, 0) is 4.79 Å². The van der Waals surface area contributed by atoms with Gasteiger partial charge in [0.05, 0.1) is 0 Å². The van der Waals surface area contributed by atoms with Crippen LogP contribution in [0.3, 0.4) is 0 Å². The van der Waals surface area contributed by atoms with Crippen molar-refractivity contribution in [1.29, 1.82) is 0 Å². The Morgan fingerprint density at radius 1 is 1.14 bits per heavy atom. The smallest absolute Gasteiger partial charge is 0.326 e. The number of ether oxygens (including phenoxy) is 2. The van der Waals surface area contributed by atoms with Crippen molar-refractivity contribution < 1.29 is 24.2 Å². The molecule has 1 saturated heterocycles. The quantitative estimate of drug-likeness (QED) is 0.894. The largest absolute Gasteiger partial charge is 0.486 e. The highest BCUT2D eigenvalue weighted by Crippen LogP contribution is 2.31. The summed E-state index contributed by atoms with van der Waals surface area (Å²) in [5, 5.41) is 9.26. The molecule has 2 aliphatic heterocycles. The van der Waals surface area contributed by atoms with Gasteiger partial charge in [-0.3, -0.25) is 4.79 Å². The molecule has 21 heavy (non-hydrogen) atoms. The summed E-state index contributed by atoms with van der Waals surface area (Å²) in [7, 11) is 0. The molecule has 1 aromatic rings. The van der Waals surface area contributed by atoms with Crippen LogP contribution in [0.1, 0.15) is 29.6 Å². The zero-order chi connectivity index (χ0) is 14.8. The lowest BCUT2D eigenvalue weighted by Crippen LogP contribution is -2.48. The first kappa shape index (κ1) is 13.7. The summed E-state index contributed by atoms with van der Waals surface area (Å²) in [6, 6.07) is 4.24. The summed E-state index contributed by atoms with van der Waals surface area (Å²) in [6.45, 7) is 1.42. The number of hydrogen-bond acceptors (Lipinski definition) is 4. The predicted octanol–water partition coefficient (Wildman–Crippen LogP) is 1.54. The summed E-state index contributed by atoms with van der Waals surface area (Å²) in [5.74, 6) is -0.0538. The zero-order valence-corrected chi connectivity index (χ0v) is 11.6. The first-order valence-corrected chi connectivity index (χ1v) is 7.10. The number of carbonyl (C=O) groups is 2. The number of nitrogens with zero attached hydrogens (tertiary/aromatic N) is 1. The molecule has 1 aromatic carbocycles. The molecule has 6 nitrogen and oxygen atoms in total. The first-order chi connectivity index (χ1) is 10.2. The molecule has 0 aliphatic carbocycles. The SMILES string of the molecule is O=C(O)C1CCCCN1C(=O)c1ccc2c(c1)OCCO2. The molecule has 0 bridgehead atoms. The number of carboxylic acid groups (broad SMARTS) is 1. The van der Waals surface area contributed by atoms with Crippen LogP contribution < -0.4 is 9.47 Å². The normalized spacial score (nSPS) is 21.0. The van der Waals surface area contributed by atoms with Crippen molar-refractivity contribution >= 4 is 11.9 Å². The van der Waals surface area contributed by atoms with E-state index in [1.807, 2.05) is 0 Å². The molecule has 112 valence electrons. The molecule has 1 amide bonds. The Kier molecular flexibility index (Phi) is 3.68. The molecular formula is C15H17NO5. The van der Waals surface area contributed by atoms with E-state index in [4.69, 9.17) is 9.47 Å². The van der Waals surface area contributed by atoms with E-state index in [0.717, 1.165) is 12.8 Å². The van der Waals surface area contributed by atoms with Crippen molar-refractivity contribution in [2.24, 2.45) is 0 Å². The van der Waals surface area contributed by atoms with Crippen LogP contribution in [0, 0.1) is 0 Å². The number of likely N-dealkylation sites (tertiary alicyclic amines) is 1. The molecule has 2 heterocycles. The van der Waals surface area contributed by atoms with Crippen LogP contribution >= 0.6 is 0 Å². The van der Waals surface area contributed by atoms with Gasteiger partial charge in [0, 0.05) is 12.1 Å². The van der Waals surface area contributed by atoms with Gasteiger partial charge in [-0.2, -0.15) is 0 Å². The Morgan fingerprint density at radius 2 is 1.90 bits per heavy atom. The minimum absolute atomic E-state index is 0.265. The second-order valence-corrected chi connectivity index (χ2v) is 5.21. The van der Waals surface area contributed by atoms with Crippen molar-refractivity contribution in [3.05, 3.63) is 23.8 Å². The monoisotopic (exact) mass is 291 g/mol. The standard InChI is InChI=1S/C15H17NO5/c17-14(16-6-2-1-3-11(16)15(18)19)10-4-5-12-13(9-10)21-8-7-20-12/h4-5,9,11H,1-3,6-8H2,(H,18,19). The highest BCUT2D eigenvalue weighted by atomic mass is 16.6. The molecule has 0 spiro atoms. The van der Waals surface area contributed by atoms with E-state index < -0.39 is 12.0 Å². The molecule has 0 aromatic heterocycles. The van der Waals surface area contributed by atoms with Gasteiger partial charge >= 0.3 is 5.97 Å². The fourth-order valence-electron chi connectivity index (χ4n) is 2.77. The molecule has 0 saturated carbocycles. The van der Waals surface area contributed by atoms with Gasteiger partial charge in [-0.25, -0.2) is 4.79 Å². The summed E-state index contributed by atoms with van der Waals surface area (Å²) < 4.78 is 10.9. The fraction of sp³-hybridized carbons (Fsp3) is 0.467. The van der Waals surface area contributed by atoms with Gasteiger partial charge in [0.15, 0.2) is 11.5 Å². The van der Waals surface area contributed by atoms with Crippen molar-refractivity contribution in [1.82, 2.24) is 4.90 Å². The Bertz CT molecular complexity index is 571. The summed E-state index contributed by atoms with van der Waals surface area (Å²) in [4.78, 5) is 25.3. The molecule has 0 radical (unpaired) electrons. The zero-order valence-electron chi connectivity index (χ0n) is 11.6. The van der Waals surface area contributed by atoms with E-state index in [0.29, 0.717) is 43.2 Å². The summed E-state index contributed by atoms with van der Waals surface area (Å²) >= 11 is 0. The first-order valence-electron chi connectivity index (χ1n) is 7.10. The molecule has 2 aliphatic rings. The van der Waals surface area contributed by atoms with Crippen LogP contribution in [0.15, 0.2) is 18.2 Å². The lowest BCUT2D eigenvalue weighted by molar-refractivity contribution is -0.143. The Labute approximate surface area is 122 Å². The van der Waals surface area contributed by atoms with Gasteiger partial charge in [0.25, 0.3) is 5.91 Å². The molecule has 6 heteroatoms. The van der Waals surface area contributed by atoms with Gasteiger partial charge in [-0.1, -0.05) is 0 Å². The van der Waals surface area contributed by atoms with Gasteiger partial charge in [0.1, 0.15) is 19.3 Å². The molecule has 1 atom stereocenters. The van der Waals surface area contributed by atoms with Gasteiger partial charge in [-0.05, 0) is 37.5 Å². The molecule has 3 rings (SSSR count). The maximum Gasteiger partial charge on any atom is 0.326 e. The topological polar surface area (TPSA) is 76.1 Å². The van der Waals surface area contributed by atoms with E-state index >= 15 is 0 Å². The second kappa shape index (κ2) is 5.63. The van der Waals surface area contributed by atoms with E-state index in [1.165, 1.54) is 4.90 Å². The third-order valence-corrected chi connectivity index (χ3v) is 3.84. The van der Waals surface area contributed by atoms with Crippen molar-refractivity contribution in [3.63, 3.8) is 0 Å². The van der Waals surface area contributed by atoms with Crippen molar-refractivity contribution in [2.45, 2.75) is 25.3 Å². The third-order valence-electron chi connectivity index (χ3n) is 3.84. The van der Waals surface area contributed by atoms with Crippen LogP contribution in [-0.4, -0.2) is 47.7 Å². The van der Waals surface area contributed by atoms with Crippen LogP contribution in [0.4, 0.5) is 0 Å². The predicted molar refractivity (Wildman–Crippen MR) is 73.7 cm³/mol. The minimum Gasteiger partial charge on any atom is -0.486 e. The second-order valence-electron chi connectivity index (χ2n) is 5.21. The Hall–Kier alpha value is -2.24. The van der Waals surface area contributed by atoms with E-state index in [1.54, 1.807) is 18.2 Å². The number of fused-ring (bicyclic) bond motifs is 1. The van der Waals surface area contributed by atoms with E-state index in [2.05, 4.69) is 0 Å². The highest BCUT2D eigenvalue weighted by Gasteiger charge is 2.32. The number of amides is 1. The Morgan fingerprint density at radius 3 is 2.67 bits per heavy atom. The number of benzene rings is 1. The Balaban J connectivity index is 1.85. The average molecular weight is 291 g/mol. The third kappa shape index (κ3) is 2.66. The van der Waals surface area contributed by atoms with Gasteiger partial charge in [-0.15, -0.1) is 0 Å². The lowest BCUT2D eigenvalue weighted by atomic mass is 10.0. The number of rotatable bonds is 2. The van der Waals surface area contributed by atoms with E-state index in [9.17, 15) is 14.7 Å². The lowest BCUT2D eigenvalue weighted by Gasteiger charge is -2.33. The number of aliphatic carboxylic acids is 1. The van der Waals surface area contributed by atoms with Crippen LogP contribution in [0.2, 0.25) is 0 Å². The highest BCUT2D eigenvalue weighted by molar-refractivity contribution is 5.97. The van der Waals surface area contributed by atoms with Crippen LogP contribution in [0.25, 0.3) is 0 Å². The van der Waals surface area contributed by atoms with Gasteiger partial charge < -0.3 is 19.5 Å². The van der Waals surface area contributed by atoms with Gasteiger partial charge in [0.2, 0.25) is 0 Å². The number of hydrogen-bond donors (Lipinski definition) is 1. The van der Waals surface area contributed by atoms with Crippen molar-refractivity contribution in [3.8, 4) is 11.5 Å². The number of piperidine rings is 1. The molecule has 1 N–H and O–H groups in total. The molecule has 1 fully saturated rings. The van der Waals surface area contributed by atoms with Crippen molar-refractivity contribution in [2.75, 3.05) is 19.8 Å². The molecular weight excluding hydrogens is 274 g/mol. The number of carbonyl (C=O) groups excluding carboxylic acids is 1. The average Bonchev–Trinajstić information content (AvgIpc) is 2.53. The molecule has 1 unspecified atom stereocenters. The summed E-state index contributed by atoms with van der Waals surface area (Å²) in [5.41, 5.74) is 0.437.